The van der Waals surface area contributed by atoms with Gasteiger partial charge in [-0.15, -0.1) is 0 Å². The normalized spacial score (nSPS) is 22.2. The monoisotopic (exact) mass is 621 g/mol. The number of aromatic nitrogens is 1. The molecule has 1 aromatic carbocycles. The van der Waals surface area contributed by atoms with E-state index in [2.05, 4.69) is 17.2 Å². The molecule has 4 unspecified atom stereocenters. The summed E-state index contributed by atoms with van der Waals surface area (Å²) >= 11 is 0. The highest BCUT2D eigenvalue weighted by Crippen LogP contribution is 2.59. The molecule has 10 heteroatoms. The summed E-state index contributed by atoms with van der Waals surface area (Å²) in [6.45, 7) is 6.87. The number of benzene rings is 1. The van der Waals surface area contributed by atoms with Crippen molar-refractivity contribution in [2.75, 3.05) is 32.0 Å². The first-order chi connectivity index (χ1) is 21.7. The van der Waals surface area contributed by atoms with Gasteiger partial charge in [-0.1, -0.05) is 56.5 Å². The molecule has 10 nitrogen and oxygen atoms in total. The molecule has 2 aliphatic rings. The summed E-state index contributed by atoms with van der Waals surface area (Å²) in [5.74, 6) is -1.61. The molecule has 1 saturated heterocycles. The van der Waals surface area contributed by atoms with E-state index in [0.29, 0.717) is 43.6 Å². The highest BCUT2D eigenvalue weighted by molar-refractivity contribution is 6.33. The van der Waals surface area contributed by atoms with Gasteiger partial charge in [-0.3, -0.25) is 9.59 Å². The number of carbonyl (C=O) groups excluding carboxylic acids is 3. The van der Waals surface area contributed by atoms with Crippen molar-refractivity contribution in [1.82, 2.24) is 10.3 Å². The second kappa shape index (κ2) is 15.2. The number of nitrogens with zero attached hydrogens (tertiary/aromatic N) is 1. The van der Waals surface area contributed by atoms with Gasteiger partial charge in [0.1, 0.15) is 11.9 Å². The third-order valence-electron chi connectivity index (χ3n) is 9.15. The highest BCUT2D eigenvalue weighted by atomic mass is 16.7. The molecule has 5 N–H and O–H groups in total. The van der Waals surface area contributed by atoms with E-state index in [4.69, 9.17) is 15.2 Å². The molecule has 0 saturated carbocycles. The Balaban J connectivity index is 1.68. The van der Waals surface area contributed by atoms with Crippen LogP contribution in [0.3, 0.4) is 0 Å². The molecule has 45 heavy (non-hydrogen) atoms. The van der Waals surface area contributed by atoms with Crippen LogP contribution < -0.4 is 11.1 Å². The van der Waals surface area contributed by atoms with E-state index in [-0.39, 0.29) is 36.7 Å². The number of aliphatic hydroxyl groups is 2. The summed E-state index contributed by atoms with van der Waals surface area (Å²) in [6.07, 6.45) is 5.61. The molecule has 2 aromatic rings. The molecule has 1 aliphatic heterocycles. The van der Waals surface area contributed by atoms with Crippen molar-refractivity contribution in [1.29, 1.82) is 0 Å². The van der Waals surface area contributed by atoms with Gasteiger partial charge in [-0.2, -0.15) is 0 Å². The van der Waals surface area contributed by atoms with Crippen LogP contribution >= 0.6 is 0 Å². The van der Waals surface area contributed by atoms with Crippen LogP contribution in [0.4, 0.5) is 5.82 Å². The predicted molar refractivity (Wildman–Crippen MR) is 171 cm³/mol. The number of nitrogens with two attached hydrogens (primary N) is 1. The molecule has 0 amide bonds. The number of unbranched alkanes of at least 4 members (excludes halogenated alkanes) is 1. The highest BCUT2D eigenvalue weighted by Gasteiger charge is 2.85. The lowest BCUT2D eigenvalue weighted by Gasteiger charge is -2.30. The zero-order valence-corrected chi connectivity index (χ0v) is 26.6. The van der Waals surface area contributed by atoms with Gasteiger partial charge in [0.25, 0.3) is 5.60 Å². The topological polar surface area (TPSA) is 164 Å². The second-order valence-electron chi connectivity index (χ2n) is 12.1. The summed E-state index contributed by atoms with van der Waals surface area (Å²) in [5, 5.41) is 23.4. The van der Waals surface area contributed by atoms with Gasteiger partial charge in [0, 0.05) is 42.8 Å². The Kier molecular flexibility index (Phi) is 11.7. The maximum Gasteiger partial charge on any atom is 0.350 e. The number of rotatable bonds is 18. The zero-order valence-electron chi connectivity index (χ0n) is 26.6. The number of nitrogens with one attached hydrogen (secondary N) is 1. The van der Waals surface area contributed by atoms with Crippen molar-refractivity contribution >= 4 is 23.4 Å². The third-order valence-corrected chi connectivity index (χ3v) is 9.15. The Labute approximate surface area is 265 Å². The van der Waals surface area contributed by atoms with E-state index in [1.807, 2.05) is 19.9 Å². The Morgan fingerprint density at radius 3 is 2.47 bits per heavy atom. The van der Waals surface area contributed by atoms with Gasteiger partial charge in [-0.05, 0) is 68.8 Å². The Morgan fingerprint density at radius 1 is 1.09 bits per heavy atom. The quantitative estimate of drug-likeness (QED) is 0.0828. The van der Waals surface area contributed by atoms with Gasteiger partial charge in [-0.25, -0.2) is 9.78 Å². The van der Waals surface area contributed by atoms with Gasteiger partial charge in [0.15, 0.2) is 11.4 Å². The maximum absolute atomic E-state index is 14.2. The SMILES string of the molecule is CCCCC(CNCC)C(CCCO)OC(=O)C12OC1(CC(CO)=C(C)CCc1ccnc(N)c1)C(=O)c1ccccc1C2=O. The molecular weight excluding hydrogens is 574 g/mol. The Bertz CT molecular complexity index is 1400. The van der Waals surface area contributed by atoms with Gasteiger partial charge < -0.3 is 30.7 Å². The number of epoxide rings is 1. The van der Waals surface area contributed by atoms with Crippen LogP contribution in [0.2, 0.25) is 0 Å². The molecule has 244 valence electrons. The first-order valence-corrected chi connectivity index (χ1v) is 16.1. The van der Waals surface area contributed by atoms with Crippen LogP contribution in [0, 0.1) is 5.92 Å². The van der Waals surface area contributed by atoms with E-state index >= 15 is 0 Å². The number of ether oxygens (including phenoxy) is 2. The fourth-order valence-electron chi connectivity index (χ4n) is 6.42. The van der Waals surface area contributed by atoms with Gasteiger partial charge >= 0.3 is 5.97 Å². The number of esters is 1. The number of nitrogen functional groups attached to an aromatic ring is 1. The molecule has 0 spiro atoms. The number of anilines is 1. The number of fused-ring (bicyclic) bond motifs is 2. The van der Waals surface area contributed by atoms with E-state index < -0.39 is 34.8 Å². The van der Waals surface area contributed by atoms with Crippen molar-refractivity contribution in [3.63, 3.8) is 0 Å². The van der Waals surface area contributed by atoms with Crippen LogP contribution in [-0.4, -0.2) is 76.3 Å². The first-order valence-electron chi connectivity index (χ1n) is 16.1. The molecule has 4 rings (SSSR count). The number of pyridine rings is 1. The molecule has 0 radical (unpaired) electrons. The summed E-state index contributed by atoms with van der Waals surface area (Å²) in [5.41, 5.74) is 4.49. The van der Waals surface area contributed by atoms with Crippen LogP contribution in [0.1, 0.15) is 92.0 Å². The van der Waals surface area contributed by atoms with Crippen molar-refractivity contribution in [3.8, 4) is 0 Å². The van der Waals surface area contributed by atoms with Gasteiger partial charge in [0.05, 0.1) is 6.61 Å². The first kappa shape index (κ1) is 34.4. The number of ketones is 2. The van der Waals surface area contributed by atoms with Gasteiger partial charge in [0.2, 0.25) is 5.78 Å². The number of carbonyl (C=O) groups is 3. The zero-order chi connectivity index (χ0) is 32.6. The maximum atomic E-state index is 14.2. The summed E-state index contributed by atoms with van der Waals surface area (Å²) in [6, 6.07) is 10.1. The largest absolute Gasteiger partial charge is 0.459 e. The molecule has 4 atom stereocenters. The van der Waals surface area contributed by atoms with E-state index in [1.165, 1.54) is 6.07 Å². The lowest BCUT2D eigenvalue weighted by Crippen LogP contribution is -2.52. The minimum atomic E-state index is -2.15. The average Bonchev–Trinajstić information content (AvgIpc) is 3.75. The molecule has 1 aliphatic carbocycles. The van der Waals surface area contributed by atoms with Crippen molar-refractivity contribution < 1.29 is 34.1 Å². The molecular formula is C35H47N3O7. The lowest BCUT2D eigenvalue weighted by molar-refractivity contribution is -0.157. The van der Waals surface area contributed by atoms with Crippen molar-refractivity contribution in [2.45, 2.75) is 89.4 Å². The van der Waals surface area contributed by atoms with Crippen LogP contribution in [0.25, 0.3) is 0 Å². The van der Waals surface area contributed by atoms with Crippen LogP contribution in [0.5, 0.6) is 0 Å². The molecule has 0 bridgehead atoms. The Hall–Kier alpha value is -3.44. The third kappa shape index (κ3) is 7.04. The second-order valence-corrected chi connectivity index (χ2v) is 12.1. The van der Waals surface area contributed by atoms with E-state index in [1.54, 1.807) is 30.5 Å². The summed E-state index contributed by atoms with van der Waals surface area (Å²) < 4.78 is 12.3. The molecule has 1 aromatic heterocycles. The number of allylic oxidation sites excluding steroid dienone is 1. The predicted octanol–water partition coefficient (Wildman–Crippen LogP) is 3.98. The number of aliphatic hydroxyl groups excluding tert-OH is 2. The van der Waals surface area contributed by atoms with Crippen LogP contribution in [0.15, 0.2) is 53.7 Å². The number of hydrogen-bond donors (Lipinski definition) is 4. The minimum Gasteiger partial charge on any atom is -0.459 e. The molecule has 1 fully saturated rings. The van der Waals surface area contributed by atoms with Crippen LogP contribution in [-0.2, 0) is 20.7 Å². The number of aryl methyl sites for hydroxylation is 1. The fraction of sp³-hybridized carbons (Fsp3) is 0.543. The lowest BCUT2D eigenvalue weighted by atomic mass is 9.71. The summed E-state index contributed by atoms with van der Waals surface area (Å²) in [4.78, 5) is 46.6. The number of hydrogen-bond acceptors (Lipinski definition) is 10. The minimum absolute atomic E-state index is 0.0519. The smallest absolute Gasteiger partial charge is 0.350 e. The van der Waals surface area contributed by atoms with Crippen molar-refractivity contribution in [2.24, 2.45) is 5.92 Å². The van der Waals surface area contributed by atoms with Crippen molar-refractivity contribution in [3.05, 3.63) is 70.4 Å². The number of Topliss-reactive ketones (excluding diaryl/α,β-unsaturated/α-hetero) is 2. The standard InChI is InChI=1S/C35H47N3O7/c1-4-6-10-25(21-37-5-2)29(13-9-18-39)44-33(43)35-32(42)28-12-8-7-11-27(28)31(41)34(35,45-35)20-26(22-40)23(3)14-15-24-16-17-38-30(36)19-24/h7-8,11-12,16-17,19,25,29,37,39-40H,4-6,9-10,13-15,18,20-22H2,1-3H3,(H2,36,38). The Morgan fingerprint density at radius 2 is 1.82 bits per heavy atom. The van der Waals surface area contributed by atoms with E-state index in [9.17, 15) is 24.6 Å². The summed E-state index contributed by atoms with van der Waals surface area (Å²) in [7, 11) is 0. The average molecular weight is 622 g/mol. The molecule has 2 heterocycles. The van der Waals surface area contributed by atoms with E-state index in [0.717, 1.165) is 36.9 Å². The fourth-order valence-corrected chi connectivity index (χ4v) is 6.42.